The first kappa shape index (κ1) is 23.3. The number of hydrogen-bond donors (Lipinski definition) is 0. The molecule has 0 bridgehead atoms. The van der Waals surface area contributed by atoms with E-state index in [9.17, 15) is 9.18 Å². The van der Waals surface area contributed by atoms with Crippen LogP contribution < -0.4 is 9.80 Å². The Morgan fingerprint density at radius 3 is 2.39 bits per heavy atom. The summed E-state index contributed by atoms with van der Waals surface area (Å²) in [7, 11) is 0. The van der Waals surface area contributed by atoms with Gasteiger partial charge < -0.3 is 14.7 Å². The number of halogens is 3. The summed E-state index contributed by atoms with van der Waals surface area (Å²) < 4.78 is 13.3. The Balaban J connectivity index is 1.39. The molecule has 1 aliphatic rings. The molecule has 0 N–H and O–H groups in total. The van der Waals surface area contributed by atoms with Crippen molar-refractivity contribution < 1.29 is 9.18 Å². The Morgan fingerprint density at radius 2 is 1.73 bits per heavy atom. The molecule has 4 rings (SSSR count). The minimum absolute atomic E-state index is 0.111. The SMILES string of the molecule is O=C(CCN(Cc1ccc(F)cc1)c1ccc(Cl)c(Cl)c1)N1CCN(c2ccccn2)CC1. The van der Waals surface area contributed by atoms with E-state index in [1.54, 1.807) is 30.5 Å². The van der Waals surface area contributed by atoms with Gasteiger partial charge in [0.1, 0.15) is 11.6 Å². The molecule has 0 spiro atoms. The number of amides is 1. The molecule has 1 amide bonds. The van der Waals surface area contributed by atoms with Crippen LogP contribution in [0.2, 0.25) is 10.0 Å². The number of carbonyl (C=O) groups excluding carboxylic acids is 1. The van der Waals surface area contributed by atoms with Crippen LogP contribution in [-0.2, 0) is 11.3 Å². The summed E-state index contributed by atoms with van der Waals surface area (Å²) in [6, 6.07) is 17.7. The molecule has 1 aliphatic heterocycles. The van der Waals surface area contributed by atoms with Gasteiger partial charge in [0.25, 0.3) is 0 Å². The van der Waals surface area contributed by atoms with Crippen molar-refractivity contribution in [2.45, 2.75) is 13.0 Å². The van der Waals surface area contributed by atoms with Crippen molar-refractivity contribution in [3.63, 3.8) is 0 Å². The zero-order chi connectivity index (χ0) is 23.2. The Kier molecular flexibility index (Phi) is 7.68. The average molecular weight is 487 g/mol. The molecule has 0 saturated carbocycles. The fourth-order valence-electron chi connectivity index (χ4n) is 3.91. The molecule has 1 fully saturated rings. The molecule has 5 nitrogen and oxygen atoms in total. The van der Waals surface area contributed by atoms with Gasteiger partial charge >= 0.3 is 0 Å². The van der Waals surface area contributed by atoms with Crippen LogP contribution in [0.15, 0.2) is 66.9 Å². The molecule has 2 heterocycles. The Morgan fingerprint density at radius 1 is 0.970 bits per heavy atom. The normalized spacial score (nSPS) is 13.8. The number of rotatable bonds is 7. The highest BCUT2D eigenvalue weighted by Crippen LogP contribution is 2.28. The van der Waals surface area contributed by atoms with Crippen LogP contribution in [0, 0.1) is 5.82 Å². The molecule has 0 unspecified atom stereocenters. The molecule has 8 heteroatoms. The number of pyridine rings is 1. The zero-order valence-corrected chi connectivity index (χ0v) is 19.6. The van der Waals surface area contributed by atoms with Crippen molar-refractivity contribution in [3.05, 3.63) is 88.3 Å². The van der Waals surface area contributed by atoms with Crippen molar-refractivity contribution in [2.24, 2.45) is 0 Å². The summed E-state index contributed by atoms with van der Waals surface area (Å²) in [4.78, 5) is 23.5. The molecular weight excluding hydrogens is 462 g/mol. The smallest absolute Gasteiger partial charge is 0.224 e. The van der Waals surface area contributed by atoms with Gasteiger partial charge in [-0.05, 0) is 48.0 Å². The van der Waals surface area contributed by atoms with Crippen molar-refractivity contribution >= 4 is 40.6 Å². The summed E-state index contributed by atoms with van der Waals surface area (Å²) in [5.41, 5.74) is 1.81. The molecule has 3 aromatic rings. The summed E-state index contributed by atoms with van der Waals surface area (Å²) >= 11 is 12.3. The fourth-order valence-corrected chi connectivity index (χ4v) is 4.20. The molecule has 0 atom stereocenters. The van der Waals surface area contributed by atoms with Gasteiger partial charge in [-0.3, -0.25) is 4.79 Å². The number of piperazine rings is 1. The highest BCUT2D eigenvalue weighted by molar-refractivity contribution is 6.42. The highest BCUT2D eigenvalue weighted by Gasteiger charge is 2.22. The van der Waals surface area contributed by atoms with Gasteiger partial charge in [0.15, 0.2) is 0 Å². The summed E-state index contributed by atoms with van der Waals surface area (Å²) in [6.45, 7) is 3.89. The highest BCUT2D eigenvalue weighted by atomic mass is 35.5. The van der Waals surface area contributed by atoms with Crippen molar-refractivity contribution in [3.8, 4) is 0 Å². The third-order valence-electron chi connectivity index (χ3n) is 5.76. The van der Waals surface area contributed by atoms with Crippen molar-refractivity contribution in [1.29, 1.82) is 0 Å². The first-order chi connectivity index (χ1) is 16.0. The second-order valence-corrected chi connectivity index (χ2v) is 8.77. The van der Waals surface area contributed by atoms with Crippen LogP contribution in [0.1, 0.15) is 12.0 Å². The summed E-state index contributed by atoms with van der Waals surface area (Å²) in [5, 5.41) is 0.930. The first-order valence-electron chi connectivity index (χ1n) is 10.9. The third-order valence-corrected chi connectivity index (χ3v) is 6.50. The van der Waals surface area contributed by atoms with E-state index in [4.69, 9.17) is 23.2 Å². The summed E-state index contributed by atoms with van der Waals surface area (Å²) in [6.07, 6.45) is 2.15. The predicted octanol–water partition coefficient (Wildman–Crippen LogP) is 5.27. The minimum atomic E-state index is -0.278. The molecule has 2 aromatic carbocycles. The largest absolute Gasteiger partial charge is 0.367 e. The van der Waals surface area contributed by atoms with E-state index in [0.29, 0.717) is 42.6 Å². The van der Waals surface area contributed by atoms with Gasteiger partial charge in [-0.15, -0.1) is 0 Å². The predicted molar refractivity (Wildman–Crippen MR) is 132 cm³/mol. The van der Waals surface area contributed by atoms with Gasteiger partial charge in [0.2, 0.25) is 5.91 Å². The van der Waals surface area contributed by atoms with Gasteiger partial charge in [-0.25, -0.2) is 9.37 Å². The van der Waals surface area contributed by atoms with E-state index >= 15 is 0 Å². The van der Waals surface area contributed by atoms with Crippen molar-refractivity contribution in [1.82, 2.24) is 9.88 Å². The van der Waals surface area contributed by atoms with Crippen molar-refractivity contribution in [2.75, 3.05) is 42.5 Å². The lowest BCUT2D eigenvalue weighted by molar-refractivity contribution is -0.131. The first-order valence-corrected chi connectivity index (χ1v) is 11.6. The van der Waals surface area contributed by atoms with Crippen LogP contribution in [0.25, 0.3) is 0 Å². The van der Waals surface area contributed by atoms with E-state index in [1.165, 1.54) is 12.1 Å². The van der Waals surface area contributed by atoms with Crippen LogP contribution in [0.3, 0.4) is 0 Å². The number of benzene rings is 2. The van der Waals surface area contributed by atoms with E-state index in [0.717, 1.165) is 30.2 Å². The number of nitrogens with zero attached hydrogens (tertiary/aromatic N) is 4. The minimum Gasteiger partial charge on any atom is -0.367 e. The molecule has 33 heavy (non-hydrogen) atoms. The van der Waals surface area contributed by atoms with Gasteiger partial charge in [0, 0.05) is 57.6 Å². The summed E-state index contributed by atoms with van der Waals surface area (Å²) in [5.74, 6) is 0.773. The lowest BCUT2D eigenvalue weighted by atomic mass is 10.1. The number of hydrogen-bond acceptors (Lipinski definition) is 4. The van der Waals surface area contributed by atoms with E-state index < -0.39 is 0 Å². The van der Waals surface area contributed by atoms with Crippen LogP contribution >= 0.6 is 23.2 Å². The average Bonchev–Trinajstić information content (AvgIpc) is 2.85. The number of anilines is 2. The number of carbonyl (C=O) groups is 1. The van der Waals surface area contributed by atoms with E-state index in [-0.39, 0.29) is 11.7 Å². The molecule has 172 valence electrons. The van der Waals surface area contributed by atoms with Crippen LogP contribution in [0.5, 0.6) is 0 Å². The monoisotopic (exact) mass is 486 g/mol. The zero-order valence-electron chi connectivity index (χ0n) is 18.1. The Bertz CT molecular complexity index is 1070. The lowest BCUT2D eigenvalue weighted by Gasteiger charge is -2.36. The molecule has 1 aromatic heterocycles. The fraction of sp³-hybridized carbons (Fsp3) is 0.280. The van der Waals surface area contributed by atoms with Crippen LogP contribution in [0.4, 0.5) is 15.9 Å². The van der Waals surface area contributed by atoms with E-state index in [2.05, 4.69) is 14.8 Å². The molecule has 0 aliphatic carbocycles. The maximum absolute atomic E-state index is 13.3. The maximum Gasteiger partial charge on any atom is 0.224 e. The quantitative estimate of drug-likeness (QED) is 0.455. The topological polar surface area (TPSA) is 39.7 Å². The van der Waals surface area contributed by atoms with Gasteiger partial charge in [-0.1, -0.05) is 41.4 Å². The van der Waals surface area contributed by atoms with Crippen LogP contribution in [-0.4, -0.2) is 48.5 Å². The Hall–Kier alpha value is -2.83. The molecular formula is C25H25Cl2FN4O. The van der Waals surface area contributed by atoms with E-state index in [1.807, 2.05) is 29.2 Å². The van der Waals surface area contributed by atoms with Gasteiger partial charge in [0.05, 0.1) is 10.0 Å². The standard InChI is InChI=1S/C25H25Cl2FN4O/c26-22-9-8-21(17-23(22)27)32(18-19-4-6-20(28)7-5-19)12-10-25(33)31-15-13-30(14-16-31)24-3-1-2-11-29-24/h1-9,11,17H,10,12-16,18H2. The molecule has 1 saturated heterocycles. The second-order valence-electron chi connectivity index (χ2n) is 7.95. The maximum atomic E-state index is 13.3. The number of aromatic nitrogens is 1. The second kappa shape index (κ2) is 10.9. The lowest BCUT2D eigenvalue weighted by Crippen LogP contribution is -2.49. The third kappa shape index (κ3) is 6.15. The Labute approximate surface area is 203 Å². The molecule has 0 radical (unpaired) electrons. The van der Waals surface area contributed by atoms with Gasteiger partial charge in [-0.2, -0.15) is 0 Å².